The fraction of sp³-hybridized carbons (Fsp3) is 0.562. The molecule has 254 valence electrons. The van der Waals surface area contributed by atoms with Gasteiger partial charge in [-0.25, -0.2) is 13.2 Å². The highest BCUT2D eigenvalue weighted by Crippen LogP contribution is 2.33. The molecular formula is C32H43F3N4O6S. The van der Waals surface area contributed by atoms with Gasteiger partial charge in [0.05, 0.1) is 10.5 Å². The van der Waals surface area contributed by atoms with E-state index < -0.39 is 45.0 Å². The Bertz CT molecular complexity index is 1420. The second-order valence-electron chi connectivity index (χ2n) is 12.0. The minimum absolute atomic E-state index is 0.0134. The number of amides is 2. The third kappa shape index (κ3) is 10.1. The van der Waals surface area contributed by atoms with E-state index in [2.05, 4.69) is 10.6 Å². The largest absolute Gasteiger partial charge is 0.492 e. The molecule has 2 amide bonds. The minimum atomic E-state index is -4.73. The SMILES string of the molecule is CN(C)CCOc1ccc(C[C@H](NC(=O)O[C@H]2CCCCN2S(=O)(=O)c2cccc(C(F)(F)F)c2)C(=O)NC2CCCCC2)cc1. The Balaban J connectivity index is 1.47. The molecule has 2 aliphatic rings. The lowest BCUT2D eigenvalue weighted by Gasteiger charge is -2.34. The van der Waals surface area contributed by atoms with Crippen LogP contribution in [0.25, 0.3) is 0 Å². The molecule has 46 heavy (non-hydrogen) atoms. The first kappa shape index (κ1) is 35.5. The van der Waals surface area contributed by atoms with Crippen LogP contribution in [0.2, 0.25) is 0 Å². The minimum Gasteiger partial charge on any atom is -0.492 e. The topological polar surface area (TPSA) is 117 Å². The lowest BCUT2D eigenvalue weighted by molar-refractivity contribution is -0.137. The number of sulfonamides is 1. The van der Waals surface area contributed by atoms with Gasteiger partial charge >= 0.3 is 12.3 Å². The highest BCUT2D eigenvalue weighted by Gasteiger charge is 2.38. The number of benzene rings is 2. The first-order chi connectivity index (χ1) is 21.8. The molecule has 1 heterocycles. The second-order valence-corrected chi connectivity index (χ2v) is 13.9. The van der Waals surface area contributed by atoms with E-state index in [1.54, 1.807) is 12.1 Å². The number of carbonyl (C=O) groups is 2. The average Bonchev–Trinajstić information content (AvgIpc) is 3.01. The van der Waals surface area contributed by atoms with Crippen LogP contribution in [-0.2, 0) is 32.2 Å². The zero-order chi connectivity index (χ0) is 33.3. The number of hydrogen-bond donors (Lipinski definition) is 2. The first-order valence-corrected chi connectivity index (χ1v) is 17.1. The molecule has 1 saturated heterocycles. The molecule has 0 radical (unpaired) electrons. The Morgan fingerprint density at radius 1 is 1.00 bits per heavy atom. The number of ether oxygens (including phenoxy) is 2. The summed E-state index contributed by atoms with van der Waals surface area (Å²) < 4.78 is 79.0. The van der Waals surface area contributed by atoms with E-state index in [0.717, 1.165) is 66.7 Å². The predicted molar refractivity (Wildman–Crippen MR) is 166 cm³/mol. The summed E-state index contributed by atoms with van der Waals surface area (Å²) in [4.78, 5) is 28.1. The number of halogens is 3. The summed E-state index contributed by atoms with van der Waals surface area (Å²) in [6, 6.07) is 9.64. The summed E-state index contributed by atoms with van der Waals surface area (Å²) in [5, 5.41) is 5.66. The Hall–Kier alpha value is -3.36. The third-order valence-corrected chi connectivity index (χ3v) is 10.0. The maximum absolute atomic E-state index is 13.4. The fourth-order valence-corrected chi connectivity index (χ4v) is 7.22. The maximum Gasteiger partial charge on any atom is 0.416 e. The van der Waals surface area contributed by atoms with Crippen LogP contribution in [0.5, 0.6) is 5.75 Å². The van der Waals surface area contributed by atoms with Gasteiger partial charge in [0, 0.05) is 25.6 Å². The summed E-state index contributed by atoms with van der Waals surface area (Å²) in [6.45, 7) is 1.22. The number of piperidine rings is 1. The monoisotopic (exact) mass is 668 g/mol. The molecule has 2 fully saturated rings. The van der Waals surface area contributed by atoms with Crippen LogP contribution in [0.4, 0.5) is 18.0 Å². The second kappa shape index (κ2) is 16.0. The van der Waals surface area contributed by atoms with E-state index in [1.807, 2.05) is 31.1 Å². The molecule has 1 aliphatic heterocycles. The summed E-state index contributed by atoms with van der Waals surface area (Å²) in [6.07, 6.45) is -0.919. The molecule has 0 bridgehead atoms. The average molecular weight is 669 g/mol. The van der Waals surface area contributed by atoms with Crippen molar-refractivity contribution in [2.75, 3.05) is 33.8 Å². The molecule has 2 atom stereocenters. The molecule has 2 aromatic carbocycles. The lowest BCUT2D eigenvalue weighted by atomic mass is 9.95. The number of alkyl halides is 3. The van der Waals surface area contributed by atoms with Gasteiger partial charge < -0.3 is 25.0 Å². The highest BCUT2D eigenvalue weighted by atomic mass is 32.2. The number of rotatable bonds is 12. The van der Waals surface area contributed by atoms with Crippen molar-refractivity contribution in [3.63, 3.8) is 0 Å². The van der Waals surface area contributed by atoms with Crippen LogP contribution < -0.4 is 15.4 Å². The summed E-state index contributed by atoms with van der Waals surface area (Å²) >= 11 is 0. The van der Waals surface area contributed by atoms with Gasteiger partial charge in [-0.3, -0.25) is 4.79 Å². The summed E-state index contributed by atoms with van der Waals surface area (Å²) in [7, 11) is -0.536. The molecule has 10 nitrogen and oxygen atoms in total. The van der Waals surface area contributed by atoms with E-state index >= 15 is 0 Å². The molecular weight excluding hydrogens is 625 g/mol. The standard InChI is InChI=1S/C32H43F3N4O6S/c1-38(2)19-20-44-26-16-14-23(15-17-26)21-28(30(40)36-25-10-4-3-5-11-25)37-31(41)45-29-13-6-7-18-39(29)46(42,43)27-12-8-9-24(22-27)32(33,34)35/h8-9,12,14-17,22,25,28-29H,3-7,10-11,13,18-21H2,1-2H3,(H,36,40)(H,37,41)/t28-,29-/m0/s1. The van der Waals surface area contributed by atoms with Gasteiger partial charge in [0.15, 0.2) is 6.23 Å². The van der Waals surface area contributed by atoms with Gasteiger partial charge in [-0.15, -0.1) is 0 Å². The molecule has 0 unspecified atom stereocenters. The molecule has 0 spiro atoms. The number of carbonyl (C=O) groups excluding carboxylic acids is 2. The summed E-state index contributed by atoms with van der Waals surface area (Å²) in [5.41, 5.74) is -0.337. The normalized spacial score (nSPS) is 19.0. The van der Waals surface area contributed by atoms with Crippen LogP contribution in [0.1, 0.15) is 62.5 Å². The van der Waals surface area contributed by atoms with Crippen molar-refractivity contribution in [2.24, 2.45) is 0 Å². The Morgan fingerprint density at radius 3 is 2.37 bits per heavy atom. The number of hydrogen-bond acceptors (Lipinski definition) is 7. The zero-order valence-electron chi connectivity index (χ0n) is 26.2. The van der Waals surface area contributed by atoms with Crippen molar-refractivity contribution < 1.29 is 40.7 Å². The van der Waals surface area contributed by atoms with E-state index in [9.17, 15) is 31.2 Å². The van der Waals surface area contributed by atoms with Crippen LogP contribution in [-0.4, -0.2) is 81.7 Å². The molecule has 0 aromatic heterocycles. The van der Waals surface area contributed by atoms with Gasteiger partial charge in [-0.2, -0.15) is 17.5 Å². The number of nitrogens with one attached hydrogen (secondary N) is 2. The number of alkyl carbamates (subject to hydrolysis) is 1. The van der Waals surface area contributed by atoms with Crippen molar-refractivity contribution in [3.8, 4) is 5.75 Å². The first-order valence-electron chi connectivity index (χ1n) is 15.7. The molecule has 14 heteroatoms. The predicted octanol–water partition coefficient (Wildman–Crippen LogP) is 4.93. The molecule has 1 aliphatic carbocycles. The molecule has 1 saturated carbocycles. The van der Waals surface area contributed by atoms with Crippen molar-refractivity contribution in [1.82, 2.24) is 19.8 Å². The zero-order valence-corrected chi connectivity index (χ0v) is 27.0. The summed E-state index contributed by atoms with van der Waals surface area (Å²) in [5.74, 6) is 0.285. The van der Waals surface area contributed by atoms with Gasteiger partial charge in [-0.1, -0.05) is 37.5 Å². The van der Waals surface area contributed by atoms with E-state index in [1.165, 1.54) is 0 Å². The van der Waals surface area contributed by atoms with Gasteiger partial charge in [-0.05, 0) is 82.1 Å². The molecule has 2 N–H and O–H groups in total. The number of nitrogens with zero attached hydrogens (tertiary/aromatic N) is 2. The van der Waals surface area contributed by atoms with Crippen molar-refractivity contribution in [2.45, 2.75) is 87.2 Å². The van der Waals surface area contributed by atoms with Gasteiger partial charge in [0.25, 0.3) is 0 Å². The van der Waals surface area contributed by atoms with Gasteiger partial charge in [0.2, 0.25) is 15.9 Å². The fourth-order valence-electron chi connectivity index (χ4n) is 5.60. The quantitative estimate of drug-likeness (QED) is 0.330. The highest BCUT2D eigenvalue weighted by molar-refractivity contribution is 7.89. The van der Waals surface area contributed by atoms with Crippen LogP contribution in [0.3, 0.4) is 0 Å². The molecule has 2 aromatic rings. The Morgan fingerprint density at radius 2 is 1.70 bits per heavy atom. The van der Waals surface area contributed by atoms with Crippen molar-refractivity contribution in [3.05, 3.63) is 59.7 Å². The smallest absolute Gasteiger partial charge is 0.416 e. The maximum atomic E-state index is 13.4. The van der Waals surface area contributed by atoms with E-state index in [0.29, 0.717) is 31.3 Å². The third-order valence-electron chi connectivity index (χ3n) is 8.14. The van der Waals surface area contributed by atoms with Crippen molar-refractivity contribution in [1.29, 1.82) is 0 Å². The Labute approximate surface area is 268 Å². The van der Waals surface area contributed by atoms with E-state index in [4.69, 9.17) is 9.47 Å². The van der Waals surface area contributed by atoms with Gasteiger partial charge in [0.1, 0.15) is 18.4 Å². The Kier molecular flexibility index (Phi) is 12.3. The van der Waals surface area contributed by atoms with Crippen molar-refractivity contribution >= 4 is 22.0 Å². The van der Waals surface area contributed by atoms with Crippen LogP contribution in [0, 0.1) is 0 Å². The lowest BCUT2D eigenvalue weighted by Crippen LogP contribution is -2.53. The number of likely N-dealkylation sites (N-methyl/N-ethyl adjacent to an activating group) is 1. The molecule has 4 rings (SSSR count). The van der Waals surface area contributed by atoms with Crippen LogP contribution in [0.15, 0.2) is 53.4 Å². The van der Waals surface area contributed by atoms with Crippen LogP contribution >= 0.6 is 0 Å². The van der Waals surface area contributed by atoms with E-state index in [-0.39, 0.29) is 31.3 Å².